The summed E-state index contributed by atoms with van der Waals surface area (Å²) in [6, 6.07) is 0. The minimum Gasteiger partial charge on any atom is -0.329 e. The Bertz CT molecular complexity index is 418. The molecule has 0 saturated heterocycles. The van der Waals surface area contributed by atoms with E-state index in [9.17, 15) is 9.46 Å². The molecule has 0 amide bonds. The van der Waals surface area contributed by atoms with E-state index in [0.717, 1.165) is 11.5 Å². The number of thioether (sulfide) groups is 1. The van der Waals surface area contributed by atoms with Crippen molar-refractivity contribution in [1.29, 1.82) is 0 Å². The largest absolute Gasteiger partial charge is 0.472 e. The first-order valence-electron chi connectivity index (χ1n) is 12.3. The molecule has 5 nitrogen and oxygen atoms in total. The van der Waals surface area contributed by atoms with Crippen molar-refractivity contribution in [3.05, 3.63) is 0 Å². The van der Waals surface area contributed by atoms with Gasteiger partial charge < -0.3 is 9.38 Å². The van der Waals surface area contributed by atoms with Crippen molar-refractivity contribution in [2.45, 2.75) is 96.8 Å². The van der Waals surface area contributed by atoms with Crippen LogP contribution in [0.1, 0.15) is 96.8 Å². The van der Waals surface area contributed by atoms with Crippen LogP contribution in [0, 0.1) is 0 Å². The van der Waals surface area contributed by atoms with Crippen molar-refractivity contribution in [1.82, 2.24) is 0 Å². The van der Waals surface area contributed by atoms with Crippen molar-refractivity contribution in [2.75, 3.05) is 52.4 Å². The number of quaternary nitrogens is 1. The molecule has 0 saturated carbocycles. The average molecular weight is 469 g/mol. The summed E-state index contributed by atoms with van der Waals surface area (Å²) >= 11 is 1.79. The highest BCUT2D eigenvalue weighted by molar-refractivity contribution is 7.99. The van der Waals surface area contributed by atoms with E-state index < -0.39 is 7.82 Å². The van der Waals surface area contributed by atoms with E-state index in [-0.39, 0.29) is 13.2 Å². The third kappa shape index (κ3) is 24.7. The first-order valence-corrected chi connectivity index (χ1v) is 14.9. The summed E-state index contributed by atoms with van der Waals surface area (Å²) < 4.78 is 22.5. The van der Waals surface area contributed by atoms with Crippen LogP contribution in [0.4, 0.5) is 0 Å². The minimum absolute atomic E-state index is 0.226. The number of unbranched alkanes of at least 4 members (excludes halogenated alkanes) is 13. The number of phosphoric ester groups is 1. The van der Waals surface area contributed by atoms with Crippen LogP contribution in [0.3, 0.4) is 0 Å². The lowest BCUT2D eigenvalue weighted by molar-refractivity contribution is -0.870. The Labute approximate surface area is 191 Å². The molecule has 0 heterocycles. The van der Waals surface area contributed by atoms with Crippen LogP contribution in [0.2, 0.25) is 0 Å². The third-order valence-corrected chi connectivity index (χ3v) is 7.19. The Balaban J connectivity index is 3.26. The number of nitrogens with zero attached hydrogens (tertiary/aromatic N) is 1. The SMILES string of the molecule is CCCCCCCCCCCCCCCCSCCOP(=O)(O)OCC[N+](C)(C)C. The van der Waals surface area contributed by atoms with E-state index in [1.54, 1.807) is 11.8 Å². The first kappa shape index (κ1) is 30.4. The van der Waals surface area contributed by atoms with Gasteiger partial charge in [-0.1, -0.05) is 90.4 Å². The normalized spacial score (nSPS) is 14.2. The van der Waals surface area contributed by atoms with Gasteiger partial charge in [-0.15, -0.1) is 0 Å². The molecule has 30 heavy (non-hydrogen) atoms. The maximum Gasteiger partial charge on any atom is 0.472 e. The highest BCUT2D eigenvalue weighted by Crippen LogP contribution is 2.43. The van der Waals surface area contributed by atoms with Gasteiger partial charge in [-0.25, -0.2) is 4.57 Å². The second-order valence-electron chi connectivity index (χ2n) is 9.36. The lowest BCUT2D eigenvalue weighted by Crippen LogP contribution is -2.37. The van der Waals surface area contributed by atoms with Gasteiger partial charge in [-0.05, 0) is 12.2 Å². The lowest BCUT2D eigenvalue weighted by Gasteiger charge is -2.24. The third-order valence-electron chi connectivity index (χ3n) is 5.14. The summed E-state index contributed by atoms with van der Waals surface area (Å²) in [5.41, 5.74) is 0. The number of rotatable bonds is 23. The molecule has 0 bridgehead atoms. The van der Waals surface area contributed by atoms with E-state index in [1.165, 1.54) is 89.9 Å². The molecule has 7 heteroatoms. The fourth-order valence-corrected chi connectivity index (χ4v) is 4.83. The van der Waals surface area contributed by atoms with Crippen LogP contribution in [-0.4, -0.2) is 61.8 Å². The van der Waals surface area contributed by atoms with Crippen LogP contribution in [0.5, 0.6) is 0 Å². The van der Waals surface area contributed by atoms with E-state index in [0.29, 0.717) is 11.0 Å². The van der Waals surface area contributed by atoms with Crippen LogP contribution in [0.15, 0.2) is 0 Å². The van der Waals surface area contributed by atoms with Gasteiger partial charge in [0.05, 0.1) is 27.7 Å². The number of hydrogen-bond acceptors (Lipinski definition) is 4. The molecule has 0 spiro atoms. The van der Waals surface area contributed by atoms with E-state index in [4.69, 9.17) is 9.05 Å². The Hall–Kier alpha value is 0.420. The van der Waals surface area contributed by atoms with Crippen molar-refractivity contribution in [3.8, 4) is 0 Å². The Morgan fingerprint density at radius 3 is 1.60 bits per heavy atom. The van der Waals surface area contributed by atoms with Crippen LogP contribution >= 0.6 is 19.6 Å². The molecule has 0 aliphatic heterocycles. The molecule has 0 aromatic heterocycles. The Morgan fingerprint density at radius 1 is 0.700 bits per heavy atom. The van der Waals surface area contributed by atoms with Crippen molar-refractivity contribution in [2.24, 2.45) is 0 Å². The van der Waals surface area contributed by atoms with Crippen LogP contribution in [0.25, 0.3) is 0 Å². The van der Waals surface area contributed by atoms with Gasteiger partial charge in [0.15, 0.2) is 0 Å². The van der Waals surface area contributed by atoms with Gasteiger partial charge in [0.1, 0.15) is 13.2 Å². The molecule has 0 aliphatic rings. The second kappa shape index (κ2) is 20.1. The second-order valence-corrected chi connectivity index (χ2v) is 12.0. The molecule has 1 atom stereocenters. The van der Waals surface area contributed by atoms with Gasteiger partial charge in [0.25, 0.3) is 0 Å². The van der Waals surface area contributed by atoms with Gasteiger partial charge in [-0.3, -0.25) is 9.05 Å². The van der Waals surface area contributed by atoms with E-state index in [1.807, 2.05) is 21.1 Å². The van der Waals surface area contributed by atoms with Gasteiger partial charge in [0.2, 0.25) is 0 Å². The molecule has 0 fully saturated rings. The maximum atomic E-state index is 11.8. The fourth-order valence-electron chi connectivity index (χ4n) is 3.18. The predicted molar refractivity (Wildman–Crippen MR) is 132 cm³/mol. The van der Waals surface area contributed by atoms with E-state index in [2.05, 4.69) is 6.92 Å². The summed E-state index contributed by atoms with van der Waals surface area (Å²) in [6.45, 7) is 3.43. The molecule has 1 N–H and O–H groups in total. The molecule has 1 unspecified atom stereocenters. The molecule has 0 aromatic rings. The summed E-state index contributed by atoms with van der Waals surface area (Å²) in [6.07, 6.45) is 19.3. The molecule has 0 radical (unpaired) electrons. The van der Waals surface area contributed by atoms with Crippen LogP contribution in [-0.2, 0) is 13.6 Å². The molecule has 182 valence electrons. The standard InChI is InChI=1S/C23H50NO4PS/c1-5-6-7-8-9-10-11-12-13-14-15-16-17-18-22-30-23-21-28-29(25,26)27-20-19-24(2,3)4/h5-23H2,1-4H3/p+1. The summed E-state index contributed by atoms with van der Waals surface area (Å²) in [4.78, 5) is 9.64. The zero-order valence-corrected chi connectivity index (χ0v) is 22.1. The highest BCUT2D eigenvalue weighted by atomic mass is 32.2. The quantitative estimate of drug-likeness (QED) is 0.0990. The van der Waals surface area contributed by atoms with E-state index >= 15 is 0 Å². The lowest BCUT2D eigenvalue weighted by atomic mass is 10.0. The minimum atomic E-state index is -3.89. The number of likely N-dealkylation sites (N-methyl/N-ethyl adjacent to an activating group) is 1. The van der Waals surface area contributed by atoms with Gasteiger partial charge in [-0.2, -0.15) is 11.8 Å². The summed E-state index contributed by atoms with van der Waals surface area (Å²) in [7, 11) is 2.15. The molecular weight excluding hydrogens is 417 g/mol. The first-order chi connectivity index (χ1) is 14.3. The molecule has 0 rings (SSSR count). The smallest absolute Gasteiger partial charge is 0.329 e. The zero-order chi connectivity index (χ0) is 22.6. The summed E-state index contributed by atoms with van der Waals surface area (Å²) in [5.74, 6) is 1.83. The molecule has 0 aliphatic carbocycles. The Kier molecular flexibility index (Phi) is 20.3. The number of phosphoric acid groups is 1. The molecule has 0 aromatic carbocycles. The predicted octanol–water partition coefficient (Wildman–Crippen LogP) is 7.04. The van der Waals surface area contributed by atoms with Crippen molar-refractivity contribution < 1.29 is 23.0 Å². The Morgan fingerprint density at radius 2 is 1.13 bits per heavy atom. The average Bonchev–Trinajstić information content (AvgIpc) is 2.65. The number of hydrogen-bond donors (Lipinski definition) is 1. The highest BCUT2D eigenvalue weighted by Gasteiger charge is 2.22. The molecular formula is C23H51NO4PS+. The monoisotopic (exact) mass is 468 g/mol. The maximum absolute atomic E-state index is 11.8. The van der Waals surface area contributed by atoms with Gasteiger partial charge >= 0.3 is 7.82 Å². The van der Waals surface area contributed by atoms with Crippen molar-refractivity contribution in [3.63, 3.8) is 0 Å². The summed E-state index contributed by atoms with van der Waals surface area (Å²) in [5, 5.41) is 0. The zero-order valence-electron chi connectivity index (χ0n) is 20.4. The van der Waals surface area contributed by atoms with Crippen molar-refractivity contribution >= 4 is 19.6 Å². The van der Waals surface area contributed by atoms with Crippen LogP contribution < -0.4 is 0 Å². The topological polar surface area (TPSA) is 55.8 Å². The fraction of sp³-hybridized carbons (Fsp3) is 1.00. The van der Waals surface area contributed by atoms with Gasteiger partial charge in [0, 0.05) is 5.75 Å².